The van der Waals surface area contributed by atoms with E-state index in [4.69, 9.17) is 11.5 Å². The van der Waals surface area contributed by atoms with E-state index in [1.807, 2.05) is 0 Å². The standard InChI is InChI=1S/2C10H19N.2ClH.Pd/c2*1-9(2)7-4-5-10(9,3)8(11)6-7;;;/h2*7-8H,4-6,11H2,1-3H3;2*1H;/q;;;;+2/p-2. The molecule has 4 aliphatic carbocycles. The molecule has 152 valence electrons. The fraction of sp³-hybridized carbons (Fsp3) is 1.00. The van der Waals surface area contributed by atoms with Crippen LogP contribution >= 0.6 is 0 Å². The van der Waals surface area contributed by atoms with Crippen molar-refractivity contribution in [3.63, 3.8) is 0 Å². The first kappa shape index (κ1) is 26.2. The molecule has 6 atom stereocenters. The van der Waals surface area contributed by atoms with Gasteiger partial charge in [-0.25, -0.2) is 0 Å². The Balaban J connectivity index is 0.000000411. The summed E-state index contributed by atoms with van der Waals surface area (Å²) in [6.07, 6.45) is 8.07. The molecular formula is C20H38Cl2N2Pd. The quantitative estimate of drug-likeness (QED) is 0.405. The Bertz CT molecular complexity index is 429. The van der Waals surface area contributed by atoms with E-state index in [0.717, 1.165) is 11.8 Å². The second kappa shape index (κ2) is 7.89. The van der Waals surface area contributed by atoms with Gasteiger partial charge in [0.2, 0.25) is 0 Å². The predicted molar refractivity (Wildman–Crippen MR) is 94.4 cm³/mol. The zero-order valence-corrected chi connectivity index (χ0v) is 19.8. The normalized spacial score (nSPS) is 47.0. The van der Waals surface area contributed by atoms with E-state index < -0.39 is 0 Å². The summed E-state index contributed by atoms with van der Waals surface area (Å²) in [7, 11) is 0. The van der Waals surface area contributed by atoms with Crippen molar-refractivity contribution in [1.29, 1.82) is 0 Å². The first-order chi connectivity index (χ1) is 9.97. The third-order valence-electron chi connectivity index (χ3n) is 9.72. The molecule has 0 saturated heterocycles. The van der Waals surface area contributed by atoms with Gasteiger partial charge in [0.15, 0.2) is 0 Å². The molecule has 4 fully saturated rings. The third kappa shape index (κ3) is 3.38. The van der Waals surface area contributed by atoms with Gasteiger partial charge in [0.1, 0.15) is 0 Å². The van der Waals surface area contributed by atoms with Crippen LogP contribution in [0.3, 0.4) is 0 Å². The van der Waals surface area contributed by atoms with E-state index in [0.29, 0.717) is 33.7 Å². The molecule has 25 heavy (non-hydrogen) atoms. The van der Waals surface area contributed by atoms with Crippen LogP contribution < -0.4 is 36.3 Å². The molecule has 0 aromatic carbocycles. The minimum atomic E-state index is 0. The third-order valence-corrected chi connectivity index (χ3v) is 9.72. The first-order valence-electron chi connectivity index (χ1n) is 9.48. The minimum absolute atomic E-state index is 0. The summed E-state index contributed by atoms with van der Waals surface area (Å²) in [4.78, 5) is 0. The van der Waals surface area contributed by atoms with Crippen LogP contribution in [0.4, 0.5) is 0 Å². The van der Waals surface area contributed by atoms with Crippen molar-refractivity contribution < 1.29 is 45.2 Å². The maximum atomic E-state index is 6.13. The van der Waals surface area contributed by atoms with Crippen LogP contribution in [0.25, 0.3) is 0 Å². The van der Waals surface area contributed by atoms with Gasteiger partial charge in [0.25, 0.3) is 0 Å². The van der Waals surface area contributed by atoms with E-state index in [1.165, 1.54) is 38.5 Å². The molecule has 0 heterocycles. The van der Waals surface area contributed by atoms with Crippen molar-refractivity contribution in [2.45, 2.75) is 92.2 Å². The van der Waals surface area contributed by atoms with E-state index in [9.17, 15) is 0 Å². The Kier molecular flexibility index (Phi) is 8.25. The van der Waals surface area contributed by atoms with Crippen LogP contribution in [-0.4, -0.2) is 12.1 Å². The Hall–Kier alpha value is 1.16. The van der Waals surface area contributed by atoms with E-state index in [1.54, 1.807) is 0 Å². The molecule has 6 unspecified atom stereocenters. The molecule has 4 N–H and O–H groups in total. The Morgan fingerprint density at radius 1 is 0.640 bits per heavy atom. The smallest absolute Gasteiger partial charge is 1.00 e. The average molecular weight is 484 g/mol. The van der Waals surface area contributed by atoms with Crippen molar-refractivity contribution in [3.8, 4) is 0 Å². The number of rotatable bonds is 0. The van der Waals surface area contributed by atoms with Crippen molar-refractivity contribution >= 4 is 0 Å². The van der Waals surface area contributed by atoms with Crippen molar-refractivity contribution in [1.82, 2.24) is 0 Å². The summed E-state index contributed by atoms with van der Waals surface area (Å²) in [5.41, 5.74) is 14.2. The number of hydrogen-bond donors (Lipinski definition) is 2. The minimum Gasteiger partial charge on any atom is -1.00 e. The molecule has 5 heteroatoms. The second-order valence-corrected chi connectivity index (χ2v) is 10.4. The van der Waals surface area contributed by atoms with Crippen molar-refractivity contribution in [2.75, 3.05) is 0 Å². The van der Waals surface area contributed by atoms with Crippen LogP contribution in [0.5, 0.6) is 0 Å². The van der Waals surface area contributed by atoms with Gasteiger partial charge < -0.3 is 36.3 Å². The predicted octanol–water partition coefficient (Wildman–Crippen LogP) is -1.67. The van der Waals surface area contributed by atoms with E-state index >= 15 is 0 Å². The van der Waals surface area contributed by atoms with Crippen LogP contribution in [0, 0.1) is 33.5 Å². The summed E-state index contributed by atoms with van der Waals surface area (Å²) >= 11 is 0. The van der Waals surface area contributed by atoms with Gasteiger partial charge in [-0.05, 0) is 72.0 Å². The number of halogens is 2. The van der Waals surface area contributed by atoms with Crippen LogP contribution in [0.2, 0.25) is 0 Å². The Morgan fingerprint density at radius 2 is 0.920 bits per heavy atom. The first-order valence-corrected chi connectivity index (χ1v) is 9.48. The van der Waals surface area contributed by atoms with Crippen LogP contribution in [-0.2, 0) is 20.4 Å². The topological polar surface area (TPSA) is 52.0 Å². The van der Waals surface area contributed by atoms with Crippen molar-refractivity contribution in [3.05, 3.63) is 0 Å². The molecule has 0 aromatic heterocycles. The molecule has 4 rings (SSSR count). The van der Waals surface area contributed by atoms with Gasteiger partial charge in [-0.2, -0.15) is 0 Å². The molecule has 2 nitrogen and oxygen atoms in total. The number of fused-ring (bicyclic) bond motifs is 4. The molecule has 4 bridgehead atoms. The van der Waals surface area contributed by atoms with Gasteiger partial charge >= 0.3 is 20.4 Å². The molecule has 0 amide bonds. The van der Waals surface area contributed by atoms with E-state index in [2.05, 4.69) is 41.5 Å². The fourth-order valence-electron chi connectivity index (χ4n) is 6.53. The largest absolute Gasteiger partial charge is 2.00 e. The van der Waals surface area contributed by atoms with Crippen LogP contribution in [0.15, 0.2) is 0 Å². The summed E-state index contributed by atoms with van der Waals surface area (Å²) in [5.74, 6) is 1.81. The van der Waals surface area contributed by atoms with Gasteiger partial charge in [0, 0.05) is 12.1 Å². The second-order valence-electron chi connectivity index (χ2n) is 10.4. The number of nitrogens with two attached hydrogens (primary N) is 2. The zero-order chi connectivity index (χ0) is 16.6. The van der Waals surface area contributed by atoms with Gasteiger partial charge in [0.05, 0.1) is 0 Å². The van der Waals surface area contributed by atoms with Crippen molar-refractivity contribution in [2.24, 2.45) is 45.0 Å². The monoisotopic (exact) mass is 482 g/mol. The molecule has 0 spiro atoms. The van der Waals surface area contributed by atoms with Gasteiger partial charge in [-0.3, -0.25) is 0 Å². The number of hydrogen-bond acceptors (Lipinski definition) is 2. The molecular weight excluding hydrogens is 446 g/mol. The molecule has 4 aliphatic rings. The summed E-state index contributed by atoms with van der Waals surface area (Å²) < 4.78 is 0. The summed E-state index contributed by atoms with van der Waals surface area (Å²) in [5, 5.41) is 0. The maximum absolute atomic E-state index is 6.13. The molecule has 0 radical (unpaired) electrons. The zero-order valence-electron chi connectivity index (χ0n) is 16.8. The maximum Gasteiger partial charge on any atom is 2.00 e. The summed E-state index contributed by atoms with van der Waals surface area (Å²) in [6, 6.07) is 0.937. The Morgan fingerprint density at radius 3 is 1.00 bits per heavy atom. The van der Waals surface area contributed by atoms with Crippen LogP contribution in [0.1, 0.15) is 80.1 Å². The average Bonchev–Trinajstić information content (AvgIpc) is 2.91. The molecule has 0 aliphatic heterocycles. The van der Waals surface area contributed by atoms with E-state index in [-0.39, 0.29) is 45.2 Å². The SMILES string of the molecule is CC1(C)C2CCC1(C)C(N)C2.CC1(C)C2CCC1(C)C(N)C2.[Cl-].[Cl-].[Pd+2]. The summed E-state index contributed by atoms with van der Waals surface area (Å²) in [6.45, 7) is 14.4. The Labute approximate surface area is 181 Å². The van der Waals surface area contributed by atoms with Gasteiger partial charge in [-0.1, -0.05) is 41.5 Å². The molecule has 4 saturated carbocycles. The van der Waals surface area contributed by atoms with Gasteiger partial charge in [-0.15, -0.1) is 0 Å². The fourth-order valence-corrected chi connectivity index (χ4v) is 6.53. The molecule has 0 aromatic rings.